The first-order valence-corrected chi connectivity index (χ1v) is 12.6. The summed E-state index contributed by atoms with van der Waals surface area (Å²) in [5.41, 5.74) is 0.851. The monoisotopic (exact) mass is 525 g/mol. The smallest absolute Gasteiger partial charge is 0.333 e. The van der Waals surface area contributed by atoms with Gasteiger partial charge in [-0.25, -0.2) is 9.18 Å². The van der Waals surface area contributed by atoms with Gasteiger partial charge in [0.25, 0.3) is 0 Å². The molecule has 1 saturated heterocycles. The lowest BCUT2D eigenvalue weighted by Gasteiger charge is -2.21. The lowest BCUT2D eigenvalue weighted by atomic mass is 10.1. The van der Waals surface area contributed by atoms with Crippen LogP contribution in [-0.2, 0) is 16.0 Å². The van der Waals surface area contributed by atoms with Crippen molar-refractivity contribution in [2.24, 2.45) is 0 Å². The maximum Gasteiger partial charge on any atom is 0.333 e. The fourth-order valence-corrected chi connectivity index (χ4v) is 3.97. The molecule has 1 aromatic heterocycles. The normalized spacial score (nSPS) is 13.8. The third-order valence-electron chi connectivity index (χ3n) is 6.03. The number of hydrogen-bond donors (Lipinski definition) is 1. The number of carboxylic acid groups (broad SMARTS) is 1. The van der Waals surface area contributed by atoms with Crippen molar-refractivity contribution < 1.29 is 28.5 Å². The van der Waals surface area contributed by atoms with E-state index in [2.05, 4.69) is 19.9 Å². The van der Waals surface area contributed by atoms with E-state index in [1.807, 2.05) is 36.2 Å². The molecule has 10 nitrogen and oxygen atoms in total. The van der Waals surface area contributed by atoms with Crippen LogP contribution >= 0.6 is 0 Å². The van der Waals surface area contributed by atoms with Gasteiger partial charge in [0.15, 0.2) is 6.10 Å². The quantitative estimate of drug-likeness (QED) is 0.352. The van der Waals surface area contributed by atoms with Gasteiger partial charge in [-0.05, 0) is 61.7 Å². The van der Waals surface area contributed by atoms with Crippen molar-refractivity contribution in [2.75, 3.05) is 49.7 Å². The van der Waals surface area contributed by atoms with Gasteiger partial charge < -0.3 is 29.1 Å². The first kappa shape index (κ1) is 27.1. The van der Waals surface area contributed by atoms with Gasteiger partial charge in [-0.1, -0.05) is 12.1 Å². The Bertz CT molecular complexity index is 1190. The molecule has 2 aromatic carbocycles. The molecule has 1 atom stereocenters. The summed E-state index contributed by atoms with van der Waals surface area (Å²) in [5.74, 6) is 0.747. The van der Waals surface area contributed by atoms with Gasteiger partial charge in [0.1, 0.15) is 23.9 Å². The standard InChI is InChI=1S/C27H32FN5O5/c1-3-36-23(24(34)35)18-19-6-10-21(11-7-19)37-17-16-32(2)25-29-26(33-14-4-5-15-33)31-27(30-25)38-22-12-8-20(28)9-13-22/h6-13,23H,3-5,14-18H2,1-2H3,(H,34,35)/t23-/m0/s1. The number of hydrogen-bond acceptors (Lipinski definition) is 9. The molecule has 0 saturated carbocycles. The van der Waals surface area contributed by atoms with Crippen molar-refractivity contribution in [3.05, 3.63) is 59.9 Å². The van der Waals surface area contributed by atoms with Gasteiger partial charge in [-0.2, -0.15) is 15.0 Å². The van der Waals surface area contributed by atoms with Gasteiger partial charge in [0, 0.05) is 33.2 Å². The van der Waals surface area contributed by atoms with E-state index < -0.39 is 12.1 Å². The molecule has 11 heteroatoms. The maximum absolute atomic E-state index is 13.3. The van der Waals surface area contributed by atoms with Gasteiger partial charge >= 0.3 is 12.0 Å². The van der Waals surface area contributed by atoms with E-state index in [-0.39, 0.29) is 18.2 Å². The average Bonchev–Trinajstić information content (AvgIpc) is 3.46. The molecule has 0 aliphatic carbocycles. The Morgan fingerprint density at radius 1 is 1.05 bits per heavy atom. The first-order chi connectivity index (χ1) is 18.4. The fraction of sp³-hybridized carbons (Fsp3) is 0.407. The zero-order valence-corrected chi connectivity index (χ0v) is 21.5. The van der Waals surface area contributed by atoms with Crippen LogP contribution in [0.5, 0.6) is 17.5 Å². The minimum absolute atomic E-state index is 0.138. The Hall–Kier alpha value is -3.99. The predicted molar refractivity (Wildman–Crippen MR) is 140 cm³/mol. The Morgan fingerprint density at radius 3 is 2.39 bits per heavy atom. The minimum atomic E-state index is -0.979. The van der Waals surface area contributed by atoms with Gasteiger partial charge in [0.05, 0.1) is 6.54 Å². The molecule has 0 bridgehead atoms. The van der Waals surface area contributed by atoms with E-state index in [1.165, 1.54) is 24.3 Å². The Morgan fingerprint density at radius 2 is 1.74 bits per heavy atom. The largest absolute Gasteiger partial charge is 0.492 e. The van der Waals surface area contributed by atoms with Crippen molar-refractivity contribution in [3.63, 3.8) is 0 Å². The fourth-order valence-electron chi connectivity index (χ4n) is 3.97. The molecule has 202 valence electrons. The third kappa shape index (κ3) is 7.51. The van der Waals surface area contributed by atoms with Gasteiger partial charge in [-0.3, -0.25) is 0 Å². The number of rotatable bonds is 13. The second-order valence-corrected chi connectivity index (χ2v) is 8.87. The molecule has 0 amide bonds. The van der Waals surface area contributed by atoms with Crippen LogP contribution in [0, 0.1) is 5.82 Å². The molecule has 1 aliphatic heterocycles. The zero-order valence-electron chi connectivity index (χ0n) is 21.5. The molecule has 1 aliphatic rings. The molecule has 0 radical (unpaired) electrons. The summed E-state index contributed by atoms with van der Waals surface area (Å²) in [7, 11) is 1.86. The second-order valence-electron chi connectivity index (χ2n) is 8.87. The second kappa shape index (κ2) is 13.0. The number of aliphatic carboxylic acids is 1. The molecule has 38 heavy (non-hydrogen) atoms. The van der Waals surface area contributed by atoms with Crippen LogP contribution in [0.15, 0.2) is 48.5 Å². The Kier molecular flexibility index (Phi) is 9.26. The van der Waals surface area contributed by atoms with Crippen molar-refractivity contribution in [1.29, 1.82) is 0 Å². The van der Waals surface area contributed by atoms with E-state index >= 15 is 0 Å². The maximum atomic E-state index is 13.3. The number of carboxylic acids is 1. The predicted octanol–water partition coefficient (Wildman–Crippen LogP) is 3.95. The Balaban J connectivity index is 1.38. The van der Waals surface area contributed by atoms with Crippen molar-refractivity contribution >= 4 is 17.9 Å². The molecular weight excluding hydrogens is 493 g/mol. The molecule has 0 spiro atoms. The highest BCUT2D eigenvalue weighted by Crippen LogP contribution is 2.24. The molecule has 0 unspecified atom stereocenters. The number of halogens is 1. The number of anilines is 2. The van der Waals surface area contributed by atoms with E-state index in [0.717, 1.165) is 31.5 Å². The van der Waals surface area contributed by atoms with Gasteiger partial charge in [0.2, 0.25) is 11.9 Å². The third-order valence-corrected chi connectivity index (χ3v) is 6.03. The van der Waals surface area contributed by atoms with Crippen molar-refractivity contribution in [3.8, 4) is 17.5 Å². The summed E-state index contributed by atoms with van der Waals surface area (Å²) >= 11 is 0. The number of ether oxygens (including phenoxy) is 3. The van der Waals surface area contributed by atoms with Crippen molar-refractivity contribution in [1.82, 2.24) is 15.0 Å². The average molecular weight is 526 g/mol. The van der Waals surface area contributed by atoms with Crippen molar-refractivity contribution in [2.45, 2.75) is 32.3 Å². The number of carbonyl (C=O) groups is 1. The van der Waals surface area contributed by atoms with Gasteiger partial charge in [-0.15, -0.1) is 0 Å². The summed E-state index contributed by atoms with van der Waals surface area (Å²) < 4.78 is 30.3. The topological polar surface area (TPSA) is 110 Å². The Labute approximate surface area is 221 Å². The van der Waals surface area contributed by atoms with E-state index in [9.17, 15) is 14.3 Å². The number of aromatic nitrogens is 3. The highest BCUT2D eigenvalue weighted by atomic mass is 19.1. The number of nitrogens with zero attached hydrogens (tertiary/aromatic N) is 5. The zero-order chi connectivity index (χ0) is 26.9. The van der Waals surface area contributed by atoms with E-state index in [1.54, 1.807) is 6.92 Å². The van der Waals surface area contributed by atoms with Crippen LogP contribution in [0.1, 0.15) is 25.3 Å². The van der Waals surface area contributed by atoms with Crippen LogP contribution in [0.3, 0.4) is 0 Å². The van der Waals surface area contributed by atoms with Crippen LogP contribution < -0.4 is 19.3 Å². The molecule has 2 heterocycles. The first-order valence-electron chi connectivity index (χ1n) is 12.6. The summed E-state index contributed by atoms with van der Waals surface area (Å²) in [6.45, 7) is 4.69. The molecular formula is C27H32FN5O5. The molecule has 1 N–H and O–H groups in total. The molecule has 1 fully saturated rings. The van der Waals surface area contributed by atoms with Crippen LogP contribution in [0.2, 0.25) is 0 Å². The highest BCUT2D eigenvalue weighted by molar-refractivity contribution is 5.72. The molecule has 3 aromatic rings. The summed E-state index contributed by atoms with van der Waals surface area (Å²) in [4.78, 5) is 28.8. The summed E-state index contributed by atoms with van der Waals surface area (Å²) in [5, 5.41) is 9.27. The number of benzene rings is 2. The lowest BCUT2D eigenvalue weighted by molar-refractivity contribution is -0.149. The van der Waals surface area contributed by atoms with Crippen LogP contribution in [-0.4, -0.2) is 72.0 Å². The highest BCUT2D eigenvalue weighted by Gasteiger charge is 2.20. The minimum Gasteiger partial charge on any atom is -0.492 e. The SMILES string of the molecule is CCO[C@@H](Cc1ccc(OCCN(C)c2nc(Oc3ccc(F)cc3)nc(N3CCCC3)n2)cc1)C(=O)O. The van der Waals surface area contributed by atoms with E-state index in [4.69, 9.17) is 14.2 Å². The van der Waals surface area contributed by atoms with E-state index in [0.29, 0.717) is 43.2 Å². The number of likely N-dealkylation sites (N-methyl/N-ethyl adjacent to an activating group) is 1. The lowest BCUT2D eigenvalue weighted by Crippen LogP contribution is -2.28. The summed E-state index contributed by atoms with van der Waals surface area (Å²) in [6.07, 6.45) is 1.55. The van der Waals surface area contributed by atoms with Crippen LogP contribution in [0.4, 0.5) is 16.3 Å². The molecule has 4 rings (SSSR count). The summed E-state index contributed by atoms with van der Waals surface area (Å²) in [6, 6.07) is 13.1. The van der Waals surface area contributed by atoms with Crippen LogP contribution in [0.25, 0.3) is 0 Å².